The Morgan fingerprint density at radius 1 is 1.11 bits per heavy atom. The maximum absolute atomic E-state index is 11.6. The first-order valence-electron chi connectivity index (χ1n) is 6.26. The predicted molar refractivity (Wildman–Crippen MR) is 69.6 cm³/mol. The van der Waals surface area contributed by atoms with E-state index in [9.17, 15) is 14.7 Å². The van der Waals surface area contributed by atoms with Crippen LogP contribution in [-0.2, 0) is 11.2 Å². The van der Waals surface area contributed by atoms with Gasteiger partial charge in [-0.2, -0.15) is 0 Å². The second-order valence-corrected chi connectivity index (χ2v) is 4.56. The standard InChI is InChI=1S/C15H16O3/c1-2-3-4-5-10-6-7-11-12(8-10)13(16)9-14(17)15(11)18/h6-9,16H,2-5H2,1H3. The Bertz CT molecular complexity index is 527. The molecule has 0 fully saturated rings. The molecule has 0 saturated carbocycles. The first-order valence-corrected chi connectivity index (χ1v) is 6.26. The van der Waals surface area contributed by atoms with Gasteiger partial charge in [0.25, 0.3) is 0 Å². The van der Waals surface area contributed by atoms with Crippen molar-refractivity contribution in [2.75, 3.05) is 0 Å². The molecule has 0 atom stereocenters. The van der Waals surface area contributed by atoms with Crippen molar-refractivity contribution < 1.29 is 14.7 Å². The molecular formula is C15H16O3. The second kappa shape index (κ2) is 5.17. The van der Waals surface area contributed by atoms with E-state index in [-0.39, 0.29) is 5.76 Å². The highest BCUT2D eigenvalue weighted by Crippen LogP contribution is 2.25. The van der Waals surface area contributed by atoms with Crippen LogP contribution in [0.3, 0.4) is 0 Å². The molecule has 94 valence electrons. The van der Waals surface area contributed by atoms with Gasteiger partial charge in [-0.15, -0.1) is 0 Å². The molecule has 0 spiro atoms. The minimum atomic E-state index is -0.654. The van der Waals surface area contributed by atoms with Crippen LogP contribution in [0, 0.1) is 0 Å². The van der Waals surface area contributed by atoms with Crippen LogP contribution in [0.2, 0.25) is 0 Å². The maximum atomic E-state index is 11.6. The summed E-state index contributed by atoms with van der Waals surface area (Å²) in [6.45, 7) is 2.14. The number of fused-ring (bicyclic) bond motifs is 1. The minimum absolute atomic E-state index is 0.105. The van der Waals surface area contributed by atoms with Gasteiger partial charge in [-0.3, -0.25) is 9.59 Å². The van der Waals surface area contributed by atoms with Crippen LogP contribution < -0.4 is 0 Å². The van der Waals surface area contributed by atoms with E-state index in [0.717, 1.165) is 37.3 Å². The molecule has 0 amide bonds. The Labute approximate surface area is 106 Å². The molecule has 0 aliphatic heterocycles. The summed E-state index contributed by atoms with van der Waals surface area (Å²) in [6.07, 6.45) is 5.34. The summed E-state index contributed by atoms with van der Waals surface area (Å²) < 4.78 is 0. The van der Waals surface area contributed by atoms with Crippen LogP contribution in [0.25, 0.3) is 5.76 Å². The zero-order valence-corrected chi connectivity index (χ0v) is 10.4. The Morgan fingerprint density at radius 2 is 1.89 bits per heavy atom. The molecule has 0 unspecified atom stereocenters. The molecule has 0 heterocycles. The zero-order valence-electron chi connectivity index (χ0n) is 10.4. The van der Waals surface area contributed by atoms with E-state index in [2.05, 4.69) is 6.92 Å². The van der Waals surface area contributed by atoms with Gasteiger partial charge >= 0.3 is 0 Å². The number of carbonyl (C=O) groups excluding carboxylic acids is 2. The van der Waals surface area contributed by atoms with Gasteiger partial charge in [-0.1, -0.05) is 25.8 Å². The van der Waals surface area contributed by atoms with Gasteiger partial charge in [0, 0.05) is 17.2 Å². The van der Waals surface area contributed by atoms with Gasteiger partial charge in [-0.25, -0.2) is 0 Å². The average molecular weight is 244 g/mol. The third kappa shape index (κ3) is 2.35. The lowest BCUT2D eigenvalue weighted by atomic mass is 9.91. The second-order valence-electron chi connectivity index (χ2n) is 4.56. The highest BCUT2D eigenvalue weighted by atomic mass is 16.3. The normalized spacial score (nSPS) is 14.4. The number of aryl methyl sites for hydroxylation is 1. The van der Waals surface area contributed by atoms with E-state index >= 15 is 0 Å². The topological polar surface area (TPSA) is 54.4 Å². The van der Waals surface area contributed by atoms with E-state index in [1.54, 1.807) is 12.1 Å². The van der Waals surface area contributed by atoms with E-state index in [1.165, 1.54) is 0 Å². The van der Waals surface area contributed by atoms with Gasteiger partial charge in [0.2, 0.25) is 11.6 Å². The van der Waals surface area contributed by atoms with Crippen molar-refractivity contribution >= 4 is 17.3 Å². The molecular weight excluding hydrogens is 228 g/mol. The van der Waals surface area contributed by atoms with Crippen molar-refractivity contribution in [1.29, 1.82) is 0 Å². The van der Waals surface area contributed by atoms with Gasteiger partial charge in [0.1, 0.15) is 5.76 Å². The summed E-state index contributed by atoms with van der Waals surface area (Å²) in [4.78, 5) is 22.9. The molecule has 0 radical (unpaired) electrons. The lowest BCUT2D eigenvalue weighted by Gasteiger charge is -2.13. The summed E-state index contributed by atoms with van der Waals surface area (Å²) in [6, 6.07) is 5.31. The lowest BCUT2D eigenvalue weighted by Crippen LogP contribution is -2.18. The van der Waals surface area contributed by atoms with Crippen LogP contribution in [0.1, 0.15) is 47.7 Å². The number of ketones is 2. The Balaban J connectivity index is 2.28. The third-order valence-corrected chi connectivity index (χ3v) is 3.17. The van der Waals surface area contributed by atoms with Crippen LogP contribution in [0.4, 0.5) is 0 Å². The first-order chi connectivity index (χ1) is 8.63. The number of unbranched alkanes of at least 4 members (excludes halogenated alkanes) is 2. The van der Waals surface area contributed by atoms with Gasteiger partial charge in [0.05, 0.1) is 0 Å². The molecule has 1 aromatic carbocycles. The quantitative estimate of drug-likeness (QED) is 0.654. The van der Waals surface area contributed by atoms with Crippen molar-refractivity contribution in [1.82, 2.24) is 0 Å². The van der Waals surface area contributed by atoms with Crippen LogP contribution in [0.5, 0.6) is 0 Å². The van der Waals surface area contributed by atoms with Crippen LogP contribution >= 0.6 is 0 Å². The molecule has 3 heteroatoms. The highest BCUT2D eigenvalue weighted by Gasteiger charge is 2.25. The maximum Gasteiger partial charge on any atom is 0.233 e. The Hall–Kier alpha value is -1.90. The molecule has 1 aromatic rings. The first kappa shape index (κ1) is 12.6. The van der Waals surface area contributed by atoms with E-state index < -0.39 is 11.6 Å². The number of carbonyl (C=O) groups is 2. The Kier molecular flexibility index (Phi) is 3.60. The fourth-order valence-corrected chi connectivity index (χ4v) is 2.14. The molecule has 2 rings (SSSR count). The Morgan fingerprint density at radius 3 is 2.61 bits per heavy atom. The zero-order chi connectivity index (χ0) is 13.1. The van der Waals surface area contributed by atoms with Crippen molar-refractivity contribution in [2.45, 2.75) is 32.6 Å². The summed E-state index contributed by atoms with van der Waals surface area (Å²) >= 11 is 0. The number of aliphatic hydroxyl groups is 1. The van der Waals surface area contributed by atoms with Crippen LogP contribution in [-0.4, -0.2) is 16.7 Å². The third-order valence-electron chi connectivity index (χ3n) is 3.17. The average Bonchev–Trinajstić information content (AvgIpc) is 2.36. The molecule has 0 saturated heterocycles. The molecule has 18 heavy (non-hydrogen) atoms. The van der Waals surface area contributed by atoms with Gasteiger partial charge in [-0.05, 0) is 30.5 Å². The number of allylic oxidation sites excluding steroid dienone is 1. The molecule has 0 aromatic heterocycles. The fraction of sp³-hybridized carbons (Fsp3) is 0.333. The summed E-state index contributed by atoms with van der Waals surface area (Å²) in [7, 11) is 0. The van der Waals surface area contributed by atoms with Gasteiger partial charge in [0.15, 0.2) is 0 Å². The molecule has 0 bridgehead atoms. The van der Waals surface area contributed by atoms with E-state index in [1.807, 2.05) is 6.07 Å². The summed E-state index contributed by atoms with van der Waals surface area (Å²) in [5, 5.41) is 9.73. The molecule has 1 aliphatic rings. The van der Waals surface area contributed by atoms with Crippen molar-refractivity contribution in [3.8, 4) is 0 Å². The number of rotatable bonds is 4. The van der Waals surface area contributed by atoms with Crippen molar-refractivity contribution in [3.63, 3.8) is 0 Å². The number of Topliss-reactive ketones (excluding diaryl/α,β-unsaturated/α-hetero) is 1. The summed E-state index contributed by atoms with van der Waals surface area (Å²) in [5.41, 5.74) is 1.87. The minimum Gasteiger partial charge on any atom is -0.507 e. The molecule has 3 nitrogen and oxygen atoms in total. The van der Waals surface area contributed by atoms with Gasteiger partial charge < -0.3 is 5.11 Å². The van der Waals surface area contributed by atoms with Crippen molar-refractivity contribution in [2.24, 2.45) is 0 Å². The SMILES string of the molecule is CCCCCc1ccc2c(c1)C(O)=CC(=O)C2=O. The predicted octanol–water partition coefficient (Wildman–Crippen LogP) is 3.08. The fourth-order valence-electron chi connectivity index (χ4n) is 2.14. The lowest BCUT2D eigenvalue weighted by molar-refractivity contribution is -0.111. The molecule has 1 aliphatic carbocycles. The van der Waals surface area contributed by atoms with Crippen molar-refractivity contribution in [3.05, 3.63) is 41.0 Å². The number of aliphatic hydroxyl groups excluding tert-OH is 1. The number of benzene rings is 1. The largest absolute Gasteiger partial charge is 0.507 e. The van der Waals surface area contributed by atoms with E-state index in [4.69, 9.17) is 0 Å². The highest BCUT2D eigenvalue weighted by molar-refractivity contribution is 6.50. The molecule has 1 N–H and O–H groups in total. The van der Waals surface area contributed by atoms with Crippen LogP contribution in [0.15, 0.2) is 24.3 Å². The smallest absolute Gasteiger partial charge is 0.233 e. The number of hydrogen-bond donors (Lipinski definition) is 1. The monoisotopic (exact) mass is 244 g/mol. The summed E-state index contributed by atoms with van der Waals surface area (Å²) in [5.74, 6) is -1.30. The van der Waals surface area contributed by atoms with E-state index in [0.29, 0.717) is 11.1 Å². The number of hydrogen-bond acceptors (Lipinski definition) is 3.